The number of hydrogen-bond donors (Lipinski definition) is 1. The zero-order valence-electron chi connectivity index (χ0n) is 12.4. The molecule has 2 rings (SSSR count). The first-order chi connectivity index (χ1) is 10.1. The van der Waals surface area contributed by atoms with Gasteiger partial charge in [0.05, 0.1) is 11.3 Å². The van der Waals surface area contributed by atoms with E-state index in [1.807, 2.05) is 38.2 Å². The molecule has 1 heterocycles. The fraction of sp³-hybridized carbons (Fsp3) is 0.375. The number of halogens is 1. The number of carbonyl (C=O) groups excluding carboxylic acids is 1. The van der Waals surface area contributed by atoms with Crippen LogP contribution in [-0.4, -0.2) is 21.6 Å². The molecular weight excluding hydrogens is 286 g/mol. The molecule has 0 bridgehead atoms. The number of anilines is 1. The lowest BCUT2D eigenvalue weighted by molar-refractivity contribution is 0.102. The highest BCUT2D eigenvalue weighted by Gasteiger charge is 2.14. The molecule has 0 aliphatic heterocycles. The van der Waals surface area contributed by atoms with Crippen LogP contribution in [0.25, 0.3) is 0 Å². The summed E-state index contributed by atoms with van der Waals surface area (Å²) in [6, 6.07) is 7.88. The van der Waals surface area contributed by atoms with Gasteiger partial charge < -0.3 is 5.32 Å². The highest BCUT2D eigenvalue weighted by molar-refractivity contribution is 6.17. The van der Waals surface area contributed by atoms with Gasteiger partial charge in [-0.25, -0.2) is 0 Å². The second-order valence-corrected chi connectivity index (χ2v) is 5.34. The van der Waals surface area contributed by atoms with Gasteiger partial charge in [0.25, 0.3) is 5.91 Å². The molecule has 0 radical (unpaired) electrons. The topological polar surface area (TPSA) is 46.9 Å². The average Bonchev–Trinajstić information content (AvgIpc) is 2.87. The van der Waals surface area contributed by atoms with Crippen molar-refractivity contribution in [3.8, 4) is 0 Å². The molecule has 1 N–H and O–H groups in total. The lowest BCUT2D eigenvalue weighted by Gasteiger charge is -2.07. The Morgan fingerprint density at radius 2 is 2.24 bits per heavy atom. The number of carbonyl (C=O) groups is 1. The Morgan fingerprint density at radius 3 is 2.95 bits per heavy atom. The largest absolute Gasteiger partial charge is 0.322 e. The normalized spacial score (nSPS) is 10.6. The van der Waals surface area contributed by atoms with Crippen molar-refractivity contribution >= 4 is 23.2 Å². The van der Waals surface area contributed by atoms with Crippen molar-refractivity contribution in [3.63, 3.8) is 0 Å². The number of nitrogens with zero attached hydrogens (tertiary/aromatic N) is 2. The van der Waals surface area contributed by atoms with Crippen LogP contribution in [0.15, 0.2) is 30.5 Å². The molecule has 0 saturated carbocycles. The minimum Gasteiger partial charge on any atom is -0.322 e. The van der Waals surface area contributed by atoms with Crippen molar-refractivity contribution < 1.29 is 4.79 Å². The molecule has 0 spiro atoms. The average molecular weight is 306 g/mol. The van der Waals surface area contributed by atoms with Crippen LogP contribution in [0.2, 0.25) is 0 Å². The van der Waals surface area contributed by atoms with Crippen LogP contribution in [0.1, 0.15) is 35.0 Å². The van der Waals surface area contributed by atoms with Gasteiger partial charge in [-0.2, -0.15) is 5.10 Å². The van der Waals surface area contributed by atoms with E-state index in [2.05, 4.69) is 10.4 Å². The summed E-state index contributed by atoms with van der Waals surface area (Å²) in [5.74, 6) is 0.529. The number of aromatic nitrogens is 2. The van der Waals surface area contributed by atoms with Crippen LogP contribution in [0, 0.1) is 0 Å². The zero-order chi connectivity index (χ0) is 15.2. The summed E-state index contributed by atoms with van der Waals surface area (Å²) in [7, 11) is 1.82. The van der Waals surface area contributed by atoms with Crippen molar-refractivity contribution in [1.29, 1.82) is 0 Å². The second-order valence-electron chi connectivity index (χ2n) is 4.96. The summed E-state index contributed by atoms with van der Waals surface area (Å²) in [4.78, 5) is 12.3. The Kier molecular flexibility index (Phi) is 5.39. The third-order valence-corrected chi connectivity index (χ3v) is 3.54. The van der Waals surface area contributed by atoms with Gasteiger partial charge in [-0.05, 0) is 37.0 Å². The lowest BCUT2D eigenvalue weighted by atomic mass is 10.1. The van der Waals surface area contributed by atoms with Crippen LogP contribution in [0.4, 0.5) is 5.69 Å². The number of amides is 1. The van der Waals surface area contributed by atoms with Gasteiger partial charge >= 0.3 is 0 Å². The van der Waals surface area contributed by atoms with E-state index >= 15 is 0 Å². The number of alkyl halides is 1. The predicted molar refractivity (Wildman–Crippen MR) is 86.0 cm³/mol. The molecule has 0 unspecified atom stereocenters. The Bertz CT molecular complexity index is 622. The van der Waals surface area contributed by atoms with Crippen molar-refractivity contribution in [2.45, 2.75) is 26.2 Å². The van der Waals surface area contributed by atoms with Gasteiger partial charge in [-0.3, -0.25) is 9.48 Å². The fourth-order valence-corrected chi connectivity index (χ4v) is 2.39. The first kappa shape index (κ1) is 15.6. The first-order valence-corrected chi connectivity index (χ1v) is 7.66. The number of hydrogen-bond acceptors (Lipinski definition) is 2. The molecule has 1 aromatic carbocycles. The Morgan fingerprint density at radius 1 is 1.43 bits per heavy atom. The van der Waals surface area contributed by atoms with Crippen molar-refractivity contribution in [2.24, 2.45) is 7.05 Å². The summed E-state index contributed by atoms with van der Waals surface area (Å²) in [5.41, 5.74) is 3.42. The summed E-state index contributed by atoms with van der Waals surface area (Å²) < 4.78 is 1.67. The number of aryl methyl sites for hydroxylation is 3. The molecule has 21 heavy (non-hydrogen) atoms. The van der Waals surface area contributed by atoms with E-state index in [0.717, 1.165) is 30.6 Å². The van der Waals surface area contributed by atoms with E-state index < -0.39 is 0 Å². The zero-order valence-corrected chi connectivity index (χ0v) is 13.2. The molecular formula is C16H20ClN3O. The summed E-state index contributed by atoms with van der Waals surface area (Å²) in [5, 5.41) is 7.23. The summed E-state index contributed by atoms with van der Waals surface area (Å²) in [6.07, 6.45) is 4.34. The molecule has 1 aromatic heterocycles. The Hall–Kier alpha value is -1.81. The van der Waals surface area contributed by atoms with Gasteiger partial charge in [0.15, 0.2) is 0 Å². The quantitative estimate of drug-likeness (QED) is 0.831. The monoisotopic (exact) mass is 305 g/mol. The van der Waals surface area contributed by atoms with Gasteiger partial charge in [0.2, 0.25) is 0 Å². The standard InChI is InChI=1S/C16H20ClN3O/c1-3-15-14(11-20(2)19-15)16(21)18-13-8-4-6-12(10-13)7-5-9-17/h4,6,8,10-11H,3,5,7,9H2,1-2H3,(H,18,21). The summed E-state index contributed by atoms with van der Waals surface area (Å²) in [6.45, 7) is 1.99. The number of nitrogens with one attached hydrogen (secondary N) is 1. The molecule has 2 aromatic rings. The van der Waals surface area contributed by atoms with Crippen molar-refractivity contribution in [1.82, 2.24) is 9.78 Å². The maximum Gasteiger partial charge on any atom is 0.259 e. The molecule has 4 nitrogen and oxygen atoms in total. The molecule has 5 heteroatoms. The van der Waals surface area contributed by atoms with Crippen LogP contribution in [0.5, 0.6) is 0 Å². The molecule has 0 aliphatic rings. The van der Waals surface area contributed by atoms with E-state index in [9.17, 15) is 4.79 Å². The maximum atomic E-state index is 12.3. The van der Waals surface area contributed by atoms with E-state index in [1.165, 1.54) is 5.56 Å². The third-order valence-electron chi connectivity index (χ3n) is 3.27. The minimum absolute atomic E-state index is 0.116. The van der Waals surface area contributed by atoms with Gasteiger partial charge in [0, 0.05) is 24.8 Å². The van der Waals surface area contributed by atoms with Crippen LogP contribution in [0.3, 0.4) is 0 Å². The van der Waals surface area contributed by atoms with Crippen LogP contribution >= 0.6 is 11.6 Å². The Labute approximate surface area is 130 Å². The van der Waals surface area contributed by atoms with E-state index in [-0.39, 0.29) is 5.91 Å². The molecule has 0 saturated heterocycles. The fourth-order valence-electron chi connectivity index (χ4n) is 2.26. The minimum atomic E-state index is -0.116. The lowest BCUT2D eigenvalue weighted by Crippen LogP contribution is -2.13. The smallest absolute Gasteiger partial charge is 0.259 e. The van der Waals surface area contributed by atoms with E-state index in [4.69, 9.17) is 11.6 Å². The van der Waals surface area contributed by atoms with Crippen molar-refractivity contribution in [2.75, 3.05) is 11.2 Å². The van der Waals surface area contributed by atoms with Crippen LogP contribution in [-0.2, 0) is 19.9 Å². The van der Waals surface area contributed by atoms with Gasteiger partial charge in [-0.1, -0.05) is 19.1 Å². The first-order valence-electron chi connectivity index (χ1n) is 7.12. The van der Waals surface area contributed by atoms with Gasteiger partial charge in [-0.15, -0.1) is 11.6 Å². The summed E-state index contributed by atoms with van der Waals surface area (Å²) >= 11 is 5.71. The molecule has 0 aliphatic carbocycles. The Balaban J connectivity index is 2.11. The van der Waals surface area contributed by atoms with Crippen molar-refractivity contribution in [3.05, 3.63) is 47.3 Å². The third kappa shape index (κ3) is 4.08. The van der Waals surface area contributed by atoms with Crippen LogP contribution < -0.4 is 5.32 Å². The molecule has 112 valence electrons. The van der Waals surface area contributed by atoms with E-state index in [1.54, 1.807) is 10.9 Å². The van der Waals surface area contributed by atoms with Gasteiger partial charge in [0.1, 0.15) is 0 Å². The van der Waals surface area contributed by atoms with E-state index in [0.29, 0.717) is 11.4 Å². The highest BCUT2D eigenvalue weighted by atomic mass is 35.5. The predicted octanol–water partition coefficient (Wildman–Crippen LogP) is 3.41. The molecule has 1 amide bonds. The number of benzene rings is 1. The second kappa shape index (κ2) is 7.27. The highest BCUT2D eigenvalue weighted by Crippen LogP contribution is 2.15. The molecule has 0 fully saturated rings. The number of rotatable bonds is 6. The SMILES string of the molecule is CCc1nn(C)cc1C(=O)Nc1cccc(CCCCl)c1. The molecule has 0 atom stereocenters. The maximum absolute atomic E-state index is 12.3.